The molecule has 0 bridgehead atoms. The zero-order valence-electron chi connectivity index (χ0n) is 23.2. The molecule has 214 valence electrons. The molecule has 4 aromatic rings. The fourth-order valence-corrected chi connectivity index (χ4v) is 5.33. The Labute approximate surface area is 242 Å². The molecule has 3 unspecified atom stereocenters. The highest BCUT2D eigenvalue weighted by molar-refractivity contribution is 5.17. The summed E-state index contributed by atoms with van der Waals surface area (Å²) in [6, 6.07) is 39.7. The van der Waals surface area contributed by atoms with Gasteiger partial charge in [-0.25, -0.2) is 0 Å². The lowest BCUT2D eigenvalue weighted by molar-refractivity contribution is -0.161. The van der Waals surface area contributed by atoms with E-state index in [2.05, 4.69) is 17.0 Å². The summed E-state index contributed by atoms with van der Waals surface area (Å²) in [5.41, 5.74) is 4.19. The molecule has 0 aromatic heterocycles. The van der Waals surface area contributed by atoms with Gasteiger partial charge in [-0.1, -0.05) is 121 Å². The van der Waals surface area contributed by atoms with Gasteiger partial charge < -0.3 is 24.4 Å². The van der Waals surface area contributed by atoms with E-state index >= 15 is 0 Å². The molecule has 0 amide bonds. The van der Waals surface area contributed by atoms with Crippen molar-refractivity contribution in [1.82, 2.24) is 4.90 Å². The molecule has 0 aliphatic carbocycles. The molecular weight excluding hydrogens is 514 g/mol. The van der Waals surface area contributed by atoms with Crippen molar-refractivity contribution in [3.8, 4) is 0 Å². The van der Waals surface area contributed by atoms with Crippen LogP contribution >= 0.6 is 0 Å². The number of hydrogen-bond acceptors (Lipinski definition) is 6. The molecule has 6 nitrogen and oxygen atoms in total. The number of aliphatic hydroxyl groups is 2. The van der Waals surface area contributed by atoms with Crippen LogP contribution in [0.25, 0.3) is 0 Å². The largest absolute Gasteiger partial charge is 0.389 e. The first-order chi connectivity index (χ1) is 20.2. The topological polar surface area (TPSA) is 71.4 Å². The van der Waals surface area contributed by atoms with Crippen LogP contribution in [0.15, 0.2) is 121 Å². The molecule has 0 saturated carbocycles. The van der Waals surface area contributed by atoms with Gasteiger partial charge in [0.1, 0.15) is 18.3 Å². The van der Waals surface area contributed by atoms with E-state index in [1.165, 1.54) is 0 Å². The van der Waals surface area contributed by atoms with Crippen molar-refractivity contribution in [2.45, 2.75) is 56.8 Å². The van der Waals surface area contributed by atoms with Crippen LogP contribution in [0.4, 0.5) is 0 Å². The second-order valence-electron chi connectivity index (χ2n) is 10.6. The zero-order valence-corrected chi connectivity index (χ0v) is 23.2. The predicted molar refractivity (Wildman–Crippen MR) is 159 cm³/mol. The summed E-state index contributed by atoms with van der Waals surface area (Å²) in [6.07, 6.45) is -3.52. The fraction of sp³-hybridized carbons (Fsp3) is 0.314. The van der Waals surface area contributed by atoms with Crippen molar-refractivity contribution in [1.29, 1.82) is 0 Å². The lowest BCUT2D eigenvalue weighted by Gasteiger charge is -2.37. The standard InChI is InChI=1S/C35H39NO5/c37-32-22-36(21-27-13-5-1-6-14-27)31(26-39-23-28-15-7-2-8-16-28)34(40-24-29-17-9-3-10-18-29)35(33(32)38)41-25-30-19-11-4-12-20-30/h1-20,31-35,37-38H,21-26H2/t31?,32?,33?,34-,35-/m1/s1. The van der Waals surface area contributed by atoms with E-state index in [1.807, 2.05) is 109 Å². The van der Waals surface area contributed by atoms with Crippen molar-refractivity contribution in [2.75, 3.05) is 13.2 Å². The fourth-order valence-electron chi connectivity index (χ4n) is 5.33. The summed E-state index contributed by atoms with van der Waals surface area (Å²) in [4.78, 5) is 2.16. The molecule has 5 rings (SSSR count). The van der Waals surface area contributed by atoms with Crippen LogP contribution in [0, 0.1) is 0 Å². The van der Waals surface area contributed by atoms with Crippen molar-refractivity contribution >= 4 is 0 Å². The molecule has 1 fully saturated rings. The summed E-state index contributed by atoms with van der Waals surface area (Å²) in [7, 11) is 0. The Balaban J connectivity index is 1.44. The number of benzene rings is 4. The average molecular weight is 554 g/mol. The van der Waals surface area contributed by atoms with Crippen LogP contribution in [0.1, 0.15) is 22.3 Å². The van der Waals surface area contributed by atoms with Gasteiger partial charge in [-0.05, 0) is 22.3 Å². The number of hydrogen-bond donors (Lipinski definition) is 2. The van der Waals surface area contributed by atoms with E-state index in [0.29, 0.717) is 26.4 Å². The minimum absolute atomic E-state index is 0.256. The van der Waals surface area contributed by atoms with Gasteiger partial charge in [-0.15, -0.1) is 0 Å². The molecule has 2 N–H and O–H groups in total. The monoisotopic (exact) mass is 553 g/mol. The number of β-amino-alcohol motifs (C(OH)–C–C–N with tert-alkyl or cyclic N) is 1. The molecule has 1 saturated heterocycles. The summed E-state index contributed by atoms with van der Waals surface area (Å²) in [5, 5.41) is 22.7. The Morgan fingerprint density at radius 1 is 0.561 bits per heavy atom. The molecule has 0 spiro atoms. The highest BCUT2D eigenvalue weighted by Crippen LogP contribution is 2.28. The van der Waals surface area contributed by atoms with Crippen LogP contribution in [0.2, 0.25) is 0 Å². The first kappa shape index (κ1) is 29.1. The number of likely N-dealkylation sites (tertiary alicyclic amines) is 1. The quantitative estimate of drug-likeness (QED) is 0.258. The van der Waals surface area contributed by atoms with Crippen LogP contribution in [0.3, 0.4) is 0 Å². The van der Waals surface area contributed by atoms with E-state index < -0.39 is 24.4 Å². The number of nitrogens with zero attached hydrogens (tertiary/aromatic N) is 1. The van der Waals surface area contributed by atoms with Gasteiger partial charge in [-0.3, -0.25) is 4.90 Å². The van der Waals surface area contributed by atoms with E-state index in [-0.39, 0.29) is 19.2 Å². The second kappa shape index (κ2) is 15.0. The van der Waals surface area contributed by atoms with Crippen LogP contribution in [-0.4, -0.2) is 58.7 Å². The lowest BCUT2D eigenvalue weighted by Crippen LogP contribution is -2.53. The molecule has 1 aliphatic rings. The number of ether oxygens (including phenoxy) is 3. The molecule has 1 heterocycles. The van der Waals surface area contributed by atoms with Crippen LogP contribution in [-0.2, 0) is 40.6 Å². The van der Waals surface area contributed by atoms with Crippen molar-refractivity contribution in [3.63, 3.8) is 0 Å². The van der Waals surface area contributed by atoms with Gasteiger partial charge in [-0.2, -0.15) is 0 Å². The Morgan fingerprint density at radius 2 is 1.00 bits per heavy atom. The van der Waals surface area contributed by atoms with Gasteiger partial charge in [0.25, 0.3) is 0 Å². The van der Waals surface area contributed by atoms with E-state index in [4.69, 9.17) is 14.2 Å². The minimum Gasteiger partial charge on any atom is -0.389 e. The van der Waals surface area contributed by atoms with Crippen molar-refractivity contribution in [2.24, 2.45) is 0 Å². The van der Waals surface area contributed by atoms with Gasteiger partial charge in [0, 0.05) is 13.1 Å². The highest BCUT2D eigenvalue weighted by atomic mass is 16.6. The molecule has 0 radical (unpaired) electrons. The van der Waals surface area contributed by atoms with Crippen LogP contribution < -0.4 is 0 Å². The van der Waals surface area contributed by atoms with Crippen molar-refractivity contribution in [3.05, 3.63) is 144 Å². The maximum atomic E-state index is 11.4. The SMILES string of the molecule is OC1CN(Cc2ccccc2)C(COCc2ccccc2)[C@@H](OCc2ccccc2)[C@H](OCc2ccccc2)C1O. The van der Waals surface area contributed by atoms with Crippen molar-refractivity contribution < 1.29 is 24.4 Å². The Bertz CT molecular complexity index is 1280. The third-order valence-corrected chi connectivity index (χ3v) is 7.52. The molecular formula is C35H39NO5. The van der Waals surface area contributed by atoms with Gasteiger partial charge >= 0.3 is 0 Å². The predicted octanol–water partition coefficient (Wildman–Crippen LogP) is 4.98. The second-order valence-corrected chi connectivity index (χ2v) is 10.6. The van der Waals surface area contributed by atoms with E-state index in [9.17, 15) is 10.2 Å². The Hall–Kier alpha value is -3.36. The number of aliphatic hydroxyl groups excluding tert-OH is 2. The molecule has 1 aliphatic heterocycles. The maximum Gasteiger partial charge on any atom is 0.114 e. The summed E-state index contributed by atoms with van der Waals surface area (Å²) in [6.45, 7) is 2.24. The molecule has 4 aromatic carbocycles. The third-order valence-electron chi connectivity index (χ3n) is 7.52. The summed E-state index contributed by atoms with van der Waals surface area (Å²) in [5.74, 6) is 0. The lowest BCUT2D eigenvalue weighted by atomic mass is 9.99. The molecule has 41 heavy (non-hydrogen) atoms. The molecule has 5 atom stereocenters. The minimum atomic E-state index is -1.14. The van der Waals surface area contributed by atoms with Gasteiger partial charge in [0.2, 0.25) is 0 Å². The van der Waals surface area contributed by atoms with Gasteiger partial charge in [0.15, 0.2) is 0 Å². The highest BCUT2D eigenvalue weighted by Gasteiger charge is 2.45. The smallest absolute Gasteiger partial charge is 0.114 e. The average Bonchev–Trinajstić information content (AvgIpc) is 3.11. The summed E-state index contributed by atoms with van der Waals surface area (Å²) < 4.78 is 19.3. The summed E-state index contributed by atoms with van der Waals surface area (Å²) >= 11 is 0. The van der Waals surface area contributed by atoms with E-state index in [0.717, 1.165) is 22.3 Å². The van der Waals surface area contributed by atoms with Gasteiger partial charge in [0.05, 0.1) is 38.6 Å². The Kier molecular flexibility index (Phi) is 10.7. The van der Waals surface area contributed by atoms with Crippen LogP contribution in [0.5, 0.6) is 0 Å². The first-order valence-electron chi connectivity index (χ1n) is 14.2. The third kappa shape index (κ3) is 8.33. The zero-order chi connectivity index (χ0) is 28.3. The Morgan fingerprint density at radius 3 is 1.51 bits per heavy atom. The first-order valence-corrected chi connectivity index (χ1v) is 14.2. The maximum absolute atomic E-state index is 11.4. The normalized spacial score (nSPS) is 23.2. The number of rotatable bonds is 12. The molecule has 6 heteroatoms. The van der Waals surface area contributed by atoms with E-state index in [1.54, 1.807) is 0 Å².